The lowest BCUT2D eigenvalue weighted by Crippen LogP contribution is -2.15. The highest BCUT2D eigenvalue weighted by Gasteiger charge is 2.13. The molecule has 2 heteroatoms. The Morgan fingerprint density at radius 1 is 1.33 bits per heavy atom. The van der Waals surface area contributed by atoms with Gasteiger partial charge in [0.25, 0.3) is 0 Å². The van der Waals surface area contributed by atoms with Crippen molar-refractivity contribution in [1.82, 2.24) is 0 Å². The van der Waals surface area contributed by atoms with Crippen molar-refractivity contribution in [2.75, 3.05) is 0 Å². The summed E-state index contributed by atoms with van der Waals surface area (Å²) in [6.45, 7) is 6.13. The van der Waals surface area contributed by atoms with Gasteiger partial charge in [0.2, 0.25) is 0 Å². The minimum Gasteiger partial charge on any atom is -0.299 e. The molecule has 0 amide bonds. The monoisotopic (exact) mass is 126 g/mol. The lowest BCUT2D eigenvalue weighted by atomic mass is 10.0. The molecule has 0 spiro atoms. The molecule has 0 aliphatic rings. The van der Waals surface area contributed by atoms with E-state index in [4.69, 9.17) is 0 Å². The van der Waals surface area contributed by atoms with Crippen LogP contribution in [0.4, 0.5) is 0 Å². The van der Waals surface area contributed by atoms with Crippen LogP contribution < -0.4 is 0 Å². The smallest absolute Gasteiger partial charge is 0.144 e. The Balaban J connectivity index is 4.16. The average Bonchev–Trinajstić information content (AvgIpc) is 1.64. The quantitative estimate of drug-likeness (QED) is 0.417. The standard InChI is InChI=1S/C7H10O2/c1-4-7(5(2)8)6(3)9/h4,7H,1H2,2-3H3. The van der Waals surface area contributed by atoms with Crippen LogP contribution >= 0.6 is 0 Å². The molecule has 0 saturated heterocycles. The summed E-state index contributed by atoms with van der Waals surface area (Å²) in [4.78, 5) is 21.0. The highest BCUT2D eigenvalue weighted by atomic mass is 16.1. The minimum atomic E-state index is -0.593. The first-order valence-electron chi connectivity index (χ1n) is 2.73. The summed E-state index contributed by atoms with van der Waals surface area (Å²) in [5, 5.41) is 0. The number of carbonyl (C=O) groups is 2. The van der Waals surface area contributed by atoms with Crippen LogP contribution in [0.15, 0.2) is 12.7 Å². The highest BCUT2D eigenvalue weighted by molar-refractivity contribution is 6.01. The lowest BCUT2D eigenvalue weighted by molar-refractivity contribution is -0.128. The topological polar surface area (TPSA) is 34.1 Å². The van der Waals surface area contributed by atoms with Crippen molar-refractivity contribution in [1.29, 1.82) is 0 Å². The van der Waals surface area contributed by atoms with Crippen LogP contribution in [0.5, 0.6) is 0 Å². The molecule has 0 aromatic carbocycles. The molecule has 0 saturated carbocycles. The molecule has 0 N–H and O–H groups in total. The van der Waals surface area contributed by atoms with Gasteiger partial charge >= 0.3 is 0 Å². The fourth-order valence-corrected chi connectivity index (χ4v) is 0.618. The number of hydrogen-bond donors (Lipinski definition) is 0. The Kier molecular flexibility index (Phi) is 2.85. The van der Waals surface area contributed by atoms with E-state index >= 15 is 0 Å². The third-order valence-corrected chi connectivity index (χ3v) is 1.11. The predicted octanol–water partition coefficient (Wildman–Crippen LogP) is 0.967. The summed E-state index contributed by atoms with van der Waals surface area (Å²) < 4.78 is 0. The van der Waals surface area contributed by atoms with E-state index in [2.05, 4.69) is 6.58 Å². The minimum absolute atomic E-state index is 0.141. The fraction of sp³-hybridized carbons (Fsp3) is 0.429. The Morgan fingerprint density at radius 2 is 1.67 bits per heavy atom. The molecule has 0 aromatic heterocycles. The van der Waals surface area contributed by atoms with Crippen molar-refractivity contribution in [2.45, 2.75) is 13.8 Å². The molecule has 0 fully saturated rings. The number of carbonyl (C=O) groups excluding carboxylic acids is 2. The van der Waals surface area contributed by atoms with Crippen LogP contribution in [0.2, 0.25) is 0 Å². The third kappa shape index (κ3) is 2.22. The van der Waals surface area contributed by atoms with Gasteiger partial charge in [0, 0.05) is 0 Å². The zero-order valence-corrected chi connectivity index (χ0v) is 5.68. The van der Waals surface area contributed by atoms with Gasteiger partial charge in [0.05, 0.1) is 5.92 Å². The van der Waals surface area contributed by atoms with Crippen molar-refractivity contribution < 1.29 is 9.59 Å². The summed E-state index contributed by atoms with van der Waals surface area (Å²) in [5.74, 6) is -0.875. The van der Waals surface area contributed by atoms with E-state index in [-0.39, 0.29) is 11.6 Å². The van der Waals surface area contributed by atoms with Gasteiger partial charge in [-0.3, -0.25) is 9.59 Å². The van der Waals surface area contributed by atoms with Crippen molar-refractivity contribution in [3.63, 3.8) is 0 Å². The first kappa shape index (κ1) is 8.08. The van der Waals surface area contributed by atoms with E-state index in [0.717, 1.165) is 0 Å². The van der Waals surface area contributed by atoms with Crippen LogP contribution in [-0.2, 0) is 9.59 Å². The van der Waals surface area contributed by atoms with E-state index in [1.54, 1.807) is 0 Å². The van der Waals surface area contributed by atoms with Crippen LogP contribution in [-0.4, -0.2) is 11.6 Å². The van der Waals surface area contributed by atoms with Gasteiger partial charge in [-0.1, -0.05) is 6.08 Å². The molecule has 0 bridgehead atoms. The summed E-state index contributed by atoms with van der Waals surface area (Å²) in [5.41, 5.74) is 0. The van der Waals surface area contributed by atoms with Crippen molar-refractivity contribution >= 4 is 11.6 Å². The van der Waals surface area contributed by atoms with Crippen LogP contribution in [0.1, 0.15) is 13.8 Å². The van der Waals surface area contributed by atoms with Gasteiger partial charge in [-0.2, -0.15) is 0 Å². The van der Waals surface area contributed by atoms with Crippen LogP contribution in [0, 0.1) is 5.92 Å². The first-order valence-corrected chi connectivity index (χ1v) is 2.73. The van der Waals surface area contributed by atoms with Crippen molar-refractivity contribution in [3.8, 4) is 0 Å². The van der Waals surface area contributed by atoms with Gasteiger partial charge in [-0.15, -0.1) is 6.58 Å². The van der Waals surface area contributed by atoms with E-state index < -0.39 is 5.92 Å². The summed E-state index contributed by atoms with van der Waals surface area (Å²) >= 11 is 0. The second-order valence-corrected chi connectivity index (χ2v) is 1.93. The summed E-state index contributed by atoms with van der Waals surface area (Å²) in [6.07, 6.45) is 1.37. The Hall–Kier alpha value is -0.920. The lowest BCUT2D eigenvalue weighted by Gasteiger charge is -2.00. The molecule has 0 aromatic rings. The normalized spacial score (nSPS) is 9.22. The molecule has 0 atom stereocenters. The number of allylic oxidation sites excluding steroid dienone is 1. The van der Waals surface area contributed by atoms with E-state index in [9.17, 15) is 9.59 Å². The maximum Gasteiger partial charge on any atom is 0.144 e. The number of hydrogen-bond acceptors (Lipinski definition) is 2. The summed E-state index contributed by atoms with van der Waals surface area (Å²) in [6, 6.07) is 0. The molecular weight excluding hydrogens is 116 g/mol. The molecule has 0 radical (unpaired) electrons. The number of Topliss-reactive ketones (excluding diaryl/α,β-unsaturated/α-hetero) is 2. The van der Waals surface area contributed by atoms with Crippen LogP contribution in [0.3, 0.4) is 0 Å². The second kappa shape index (κ2) is 3.17. The number of ketones is 2. The maximum absolute atomic E-state index is 10.5. The molecule has 0 heterocycles. The largest absolute Gasteiger partial charge is 0.299 e. The highest BCUT2D eigenvalue weighted by Crippen LogP contribution is 1.99. The molecule has 9 heavy (non-hydrogen) atoms. The van der Waals surface area contributed by atoms with Gasteiger partial charge in [0.1, 0.15) is 11.6 Å². The average molecular weight is 126 g/mol. The van der Waals surface area contributed by atoms with Gasteiger partial charge < -0.3 is 0 Å². The first-order chi connectivity index (χ1) is 4.09. The molecule has 0 rings (SSSR count). The SMILES string of the molecule is C=CC(C(C)=O)C(C)=O. The van der Waals surface area contributed by atoms with Crippen molar-refractivity contribution in [3.05, 3.63) is 12.7 Å². The van der Waals surface area contributed by atoms with Gasteiger partial charge in [0.15, 0.2) is 0 Å². The predicted molar refractivity (Wildman–Crippen MR) is 35.0 cm³/mol. The van der Waals surface area contributed by atoms with Gasteiger partial charge in [-0.25, -0.2) is 0 Å². The molecule has 0 aliphatic carbocycles. The van der Waals surface area contributed by atoms with E-state index in [1.165, 1.54) is 19.9 Å². The van der Waals surface area contributed by atoms with Crippen LogP contribution in [0.25, 0.3) is 0 Å². The molecular formula is C7H10O2. The van der Waals surface area contributed by atoms with Gasteiger partial charge in [-0.05, 0) is 13.8 Å². The Bertz CT molecular complexity index is 133. The molecule has 2 nitrogen and oxygen atoms in total. The number of rotatable bonds is 3. The summed E-state index contributed by atoms with van der Waals surface area (Å²) in [7, 11) is 0. The Morgan fingerprint density at radius 3 is 1.67 bits per heavy atom. The zero-order chi connectivity index (χ0) is 7.44. The molecule has 50 valence electrons. The van der Waals surface area contributed by atoms with E-state index in [1.807, 2.05) is 0 Å². The second-order valence-electron chi connectivity index (χ2n) is 1.93. The van der Waals surface area contributed by atoms with E-state index in [0.29, 0.717) is 0 Å². The molecule has 0 aliphatic heterocycles. The van der Waals surface area contributed by atoms with Crippen molar-refractivity contribution in [2.24, 2.45) is 5.92 Å². The fourth-order valence-electron chi connectivity index (χ4n) is 0.618. The Labute approximate surface area is 54.6 Å². The maximum atomic E-state index is 10.5. The third-order valence-electron chi connectivity index (χ3n) is 1.11. The zero-order valence-electron chi connectivity index (χ0n) is 5.68. The molecule has 0 unspecified atom stereocenters.